The van der Waals surface area contributed by atoms with Crippen molar-refractivity contribution in [3.63, 3.8) is 0 Å². The molecule has 0 bridgehead atoms. The molecule has 6 aromatic rings. The fourth-order valence-corrected chi connectivity index (χ4v) is 4.59. The Morgan fingerprint density at radius 2 is 0.927 bits per heavy atom. The van der Waals surface area contributed by atoms with Crippen LogP contribution in [0.25, 0.3) is 56.4 Å². The van der Waals surface area contributed by atoms with Gasteiger partial charge in [0.05, 0.1) is 12.2 Å². The van der Waals surface area contributed by atoms with Crippen LogP contribution in [0.1, 0.15) is 0 Å². The molecule has 0 aliphatic heterocycles. The van der Waals surface area contributed by atoms with Crippen molar-refractivity contribution >= 4 is 0 Å². The summed E-state index contributed by atoms with van der Waals surface area (Å²) in [6.07, 6.45) is 0. The predicted molar refractivity (Wildman–Crippen MR) is 161 cm³/mol. The number of aliphatic hydroxyl groups excluding tert-OH is 1. The number of rotatable bonds is 8. The Balaban J connectivity index is 1.41. The SMILES string of the molecule is OCCOc1ccc(-c2nc(-c3ccc(-c4ccccc4)cc3)nc(-c3ccc(-c4ccccc4)cc3)n2)c(O)c1. The summed E-state index contributed by atoms with van der Waals surface area (Å²) >= 11 is 0. The molecule has 0 saturated heterocycles. The van der Waals surface area contributed by atoms with Gasteiger partial charge in [0.2, 0.25) is 0 Å². The van der Waals surface area contributed by atoms with Gasteiger partial charge in [0, 0.05) is 17.2 Å². The molecule has 0 amide bonds. The maximum Gasteiger partial charge on any atom is 0.167 e. The van der Waals surface area contributed by atoms with Crippen LogP contribution < -0.4 is 4.74 Å². The highest BCUT2D eigenvalue weighted by Gasteiger charge is 2.16. The molecule has 0 unspecified atom stereocenters. The summed E-state index contributed by atoms with van der Waals surface area (Å²) in [6, 6.07) is 41.5. The molecule has 0 atom stereocenters. The second-order valence-electron chi connectivity index (χ2n) is 9.44. The first kappa shape index (κ1) is 25.9. The first-order valence-electron chi connectivity index (χ1n) is 13.3. The van der Waals surface area contributed by atoms with E-state index in [1.807, 2.05) is 84.9 Å². The molecule has 6 nitrogen and oxygen atoms in total. The van der Waals surface area contributed by atoms with E-state index < -0.39 is 0 Å². The summed E-state index contributed by atoms with van der Waals surface area (Å²) in [6.45, 7) is 0.0195. The quantitative estimate of drug-likeness (QED) is 0.212. The maximum atomic E-state index is 10.8. The molecule has 1 aromatic heterocycles. The number of ether oxygens (including phenoxy) is 1. The molecule has 0 spiro atoms. The van der Waals surface area contributed by atoms with E-state index in [9.17, 15) is 5.11 Å². The van der Waals surface area contributed by atoms with E-state index in [0.29, 0.717) is 28.8 Å². The van der Waals surface area contributed by atoms with Crippen LogP contribution in [0.3, 0.4) is 0 Å². The van der Waals surface area contributed by atoms with Gasteiger partial charge < -0.3 is 14.9 Å². The lowest BCUT2D eigenvalue weighted by atomic mass is 10.0. The number of aliphatic hydroxyl groups is 1. The van der Waals surface area contributed by atoms with Crippen LogP contribution in [-0.2, 0) is 0 Å². The van der Waals surface area contributed by atoms with Gasteiger partial charge in [-0.15, -0.1) is 0 Å². The zero-order chi connectivity index (χ0) is 28.0. The van der Waals surface area contributed by atoms with Gasteiger partial charge in [-0.2, -0.15) is 0 Å². The highest BCUT2D eigenvalue weighted by Crippen LogP contribution is 2.33. The molecule has 0 fully saturated rings. The average molecular weight is 538 g/mol. The molecule has 200 valence electrons. The minimum Gasteiger partial charge on any atom is -0.507 e. The van der Waals surface area contributed by atoms with E-state index in [1.54, 1.807) is 12.1 Å². The van der Waals surface area contributed by atoms with E-state index in [2.05, 4.69) is 24.3 Å². The van der Waals surface area contributed by atoms with Gasteiger partial charge in [0.1, 0.15) is 18.1 Å². The van der Waals surface area contributed by atoms with Gasteiger partial charge in [0.15, 0.2) is 17.5 Å². The average Bonchev–Trinajstić information content (AvgIpc) is 3.04. The number of phenols is 1. The van der Waals surface area contributed by atoms with Crippen molar-refractivity contribution in [1.82, 2.24) is 15.0 Å². The number of nitrogens with zero attached hydrogens (tertiary/aromatic N) is 3. The van der Waals surface area contributed by atoms with Crippen LogP contribution in [0, 0.1) is 0 Å². The molecule has 0 saturated carbocycles. The Kier molecular flexibility index (Phi) is 7.47. The van der Waals surface area contributed by atoms with Gasteiger partial charge >= 0.3 is 0 Å². The summed E-state index contributed by atoms with van der Waals surface area (Å²) < 4.78 is 5.45. The zero-order valence-electron chi connectivity index (χ0n) is 22.2. The molecule has 5 aromatic carbocycles. The Morgan fingerprint density at radius 1 is 0.488 bits per heavy atom. The molecule has 6 heteroatoms. The third-order valence-electron chi connectivity index (χ3n) is 6.71. The fourth-order valence-electron chi connectivity index (χ4n) is 4.59. The number of benzene rings is 5. The van der Waals surface area contributed by atoms with E-state index in [1.165, 1.54) is 6.07 Å². The monoisotopic (exact) mass is 537 g/mol. The zero-order valence-corrected chi connectivity index (χ0v) is 22.2. The van der Waals surface area contributed by atoms with Crippen molar-refractivity contribution in [2.24, 2.45) is 0 Å². The minimum absolute atomic E-state index is 0.0256. The van der Waals surface area contributed by atoms with Crippen LogP contribution in [0.2, 0.25) is 0 Å². The summed E-state index contributed by atoms with van der Waals surface area (Å²) in [5, 5.41) is 19.9. The normalized spacial score (nSPS) is 10.9. The van der Waals surface area contributed by atoms with Crippen molar-refractivity contribution < 1.29 is 14.9 Å². The first-order chi connectivity index (χ1) is 20.2. The van der Waals surface area contributed by atoms with Crippen LogP contribution in [-0.4, -0.2) is 38.4 Å². The highest BCUT2D eigenvalue weighted by atomic mass is 16.5. The summed E-state index contributed by atoms with van der Waals surface area (Å²) in [4.78, 5) is 14.3. The fraction of sp³-hybridized carbons (Fsp3) is 0.0571. The van der Waals surface area contributed by atoms with Crippen molar-refractivity contribution in [2.45, 2.75) is 0 Å². The summed E-state index contributed by atoms with van der Waals surface area (Å²) in [7, 11) is 0. The van der Waals surface area contributed by atoms with Gasteiger partial charge in [-0.25, -0.2) is 15.0 Å². The van der Waals surface area contributed by atoms with Gasteiger partial charge in [-0.1, -0.05) is 109 Å². The van der Waals surface area contributed by atoms with E-state index in [-0.39, 0.29) is 19.0 Å². The second kappa shape index (κ2) is 11.8. The lowest BCUT2D eigenvalue weighted by molar-refractivity contribution is 0.201. The van der Waals surface area contributed by atoms with Crippen LogP contribution in [0.4, 0.5) is 0 Å². The standard InChI is InChI=1S/C35H27N3O3/c39-21-22-41-30-19-20-31(32(40)23-30)35-37-33(28-15-11-26(12-16-28)24-7-3-1-4-8-24)36-34(38-35)29-17-13-27(14-18-29)25-9-5-2-6-10-25/h1-20,23,39-40H,21-22H2. The third kappa shape index (κ3) is 5.83. The Bertz CT molecular complexity index is 1650. The van der Waals surface area contributed by atoms with E-state index >= 15 is 0 Å². The Hall–Kier alpha value is -5.33. The summed E-state index contributed by atoms with van der Waals surface area (Å²) in [5.74, 6) is 1.76. The maximum absolute atomic E-state index is 10.8. The molecule has 41 heavy (non-hydrogen) atoms. The van der Waals surface area contributed by atoms with Crippen LogP contribution >= 0.6 is 0 Å². The lowest BCUT2D eigenvalue weighted by Crippen LogP contribution is -2.02. The highest BCUT2D eigenvalue weighted by molar-refractivity contribution is 5.73. The first-order valence-corrected chi connectivity index (χ1v) is 13.3. The molecule has 6 rings (SSSR count). The Labute approximate surface area is 238 Å². The molecule has 0 aliphatic carbocycles. The number of phenolic OH excluding ortho intramolecular Hbond substituents is 1. The topological polar surface area (TPSA) is 88.4 Å². The van der Waals surface area contributed by atoms with Crippen LogP contribution in [0.5, 0.6) is 11.5 Å². The van der Waals surface area contributed by atoms with Crippen molar-refractivity contribution in [3.8, 4) is 67.9 Å². The number of aromatic nitrogens is 3. The molecule has 0 radical (unpaired) electrons. The molecule has 2 N–H and O–H groups in total. The second-order valence-corrected chi connectivity index (χ2v) is 9.44. The molecule has 1 heterocycles. The van der Waals surface area contributed by atoms with Crippen molar-refractivity contribution in [3.05, 3.63) is 127 Å². The predicted octanol–water partition coefficient (Wildman–Crippen LogP) is 7.28. The molecular formula is C35H27N3O3. The van der Waals surface area contributed by atoms with Crippen molar-refractivity contribution in [2.75, 3.05) is 13.2 Å². The number of aromatic hydroxyl groups is 1. The number of hydrogen-bond acceptors (Lipinski definition) is 6. The minimum atomic E-state index is -0.116. The molecular weight excluding hydrogens is 510 g/mol. The molecule has 0 aliphatic rings. The van der Waals surface area contributed by atoms with E-state index in [0.717, 1.165) is 33.4 Å². The third-order valence-corrected chi connectivity index (χ3v) is 6.71. The van der Waals surface area contributed by atoms with E-state index in [4.69, 9.17) is 24.8 Å². The van der Waals surface area contributed by atoms with Crippen LogP contribution in [0.15, 0.2) is 127 Å². The largest absolute Gasteiger partial charge is 0.507 e. The Morgan fingerprint density at radius 3 is 1.39 bits per heavy atom. The van der Waals surface area contributed by atoms with Gasteiger partial charge in [0.25, 0.3) is 0 Å². The summed E-state index contributed by atoms with van der Waals surface area (Å²) in [5.41, 5.74) is 6.56. The lowest BCUT2D eigenvalue weighted by Gasteiger charge is -2.11. The van der Waals surface area contributed by atoms with Gasteiger partial charge in [-0.3, -0.25) is 0 Å². The smallest absolute Gasteiger partial charge is 0.167 e. The van der Waals surface area contributed by atoms with Crippen molar-refractivity contribution in [1.29, 1.82) is 0 Å². The number of hydrogen-bond donors (Lipinski definition) is 2. The van der Waals surface area contributed by atoms with Gasteiger partial charge in [-0.05, 0) is 34.4 Å².